The van der Waals surface area contributed by atoms with Gasteiger partial charge in [0.05, 0.1) is 19.1 Å². The normalized spacial score (nSPS) is 14.2. The van der Waals surface area contributed by atoms with E-state index in [1.807, 2.05) is 24.3 Å². The zero-order chi connectivity index (χ0) is 24.1. The molecule has 0 spiro atoms. The molecule has 1 saturated heterocycles. The summed E-state index contributed by atoms with van der Waals surface area (Å²) in [5.41, 5.74) is 1.09. The number of ether oxygens (including phenoxy) is 4. The van der Waals surface area contributed by atoms with E-state index in [4.69, 9.17) is 9.47 Å². The van der Waals surface area contributed by atoms with E-state index in [9.17, 15) is 19.2 Å². The molecule has 1 aliphatic heterocycles. The number of rotatable bonds is 11. The Hall–Kier alpha value is -3.14. The summed E-state index contributed by atoms with van der Waals surface area (Å²) >= 11 is 0. The summed E-state index contributed by atoms with van der Waals surface area (Å²) in [5.74, 6) is -0.910. The van der Waals surface area contributed by atoms with Gasteiger partial charge in [0.1, 0.15) is 5.75 Å². The molecule has 0 radical (unpaired) electrons. The molecule has 182 valence electrons. The number of hydrogen-bond donors (Lipinski definition) is 1. The average molecular weight is 465 g/mol. The highest BCUT2D eigenvalue weighted by molar-refractivity contribution is 5.83. The van der Waals surface area contributed by atoms with Crippen LogP contribution in [-0.4, -0.2) is 68.4 Å². The molecular weight excluding hydrogens is 432 g/mol. The first-order valence-electron chi connectivity index (χ1n) is 11.1. The Morgan fingerprint density at radius 3 is 2.58 bits per heavy atom. The van der Waals surface area contributed by atoms with Crippen molar-refractivity contribution in [1.82, 2.24) is 10.2 Å². The second kappa shape index (κ2) is 14.1. The highest BCUT2D eigenvalue weighted by Gasteiger charge is 2.28. The Morgan fingerprint density at radius 1 is 1.12 bits per heavy atom. The number of piperidine rings is 1. The van der Waals surface area contributed by atoms with Crippen LogP contribution in [0.15, 0.2) is 24.3 Å². The molecule has 0 atom stereocenters. The largest absolute Gasteiger partial charge is 0.516 e. The van der Waals surface area contributed by atoms with Gasteiger partial charge in [-0.2, -0.15) is 0 Å². The van der Waals surface area contributed by atoms with Crippen LogP contribution >= 0.6 is 0 Å². The zero-order valence-corrected chi connectivity index (χ0v) is 19.2. The second-order valence-corrected chi connectivity index (χ2v) is 7.63. The fourth-order valence-electron chi connectivity index (χ4n) is 3.34. The van der Waals surface area contributed by atoms with E-state index in [0.717, 1.165) is 30.9 Å². The molecule has 33 heavy (non-hydrogen) atoms. The maximum Gasteiger partial charge on any atom is 0.516 e. The van der Waals surface area contributed by atoms with Crippen molar-refractivity contribution in [3.8, 4) is 5.75 Å². The number of amides is 1. The molecule has 0 aromatic heterocycles. The highest BCUT2D eigenvalue weighted by atomic mass is 16.7. The fraction of sp³-hybridized carbons (Fsp3) is 0.565. The Balaban J connectivity index is 1.66. The van der Waals surface area contributed by atoms with Crippen LogP contribution in [0.2, 0.25) is 0 Å². The van der Waals surface area contributed by atoms with E-state index in [1.54, 1.807) is 6.92 Å². The van der Waals surface area contributed by atoms with Crippen LogP contribution < -0.4 is 10.1 Å². The van der Waals surface area contributed by atoms with Gasteiger partial charge >= 0.3 is 18.1 Å². The van der Waals surface area contributed by atoms with Crippen molar-refractivity contribution in [2.45, 2.75) is 39.7 Å². The standard InChI is InChI=1S/C23H32N2O8/c1-3-30-23(29)33-22(28)19-8-11-25(12-9-19)15-18-6-4-7-20(14-18)31-13-5-10-24-21(27)16-32-17(2)26/h4,6-7,14,19H,3,5,8-13,15-16H2,1-2H3,(H,24,27). The number of benzene rings is 1. The minimum Gasteiger partial charge on any atom is -0.494 e. The predicted octanol–water partition coefficient (Wildman–Crippen LogP) is 2.05. The van der Waals surface area contributed by atoms with E-state index in [1.165, 1.54) is 6.92 Å². The van der Waals surface area contributed by atoms with Gasteiger partial charge in [-0.3, -0.25) is 19.3 Å². The third kappa shape index (κ3) is 10.3. The minimum absolute atomic E-state index is 0.168. The Labute approximate surface area is 193 Å². The van der Waals surface area contributed by atoms with E-state index >= 15 is 0 Å². The van der Waals surface area contributed by atoms with Crippen LogP contribution in [-0.2, 0) is 35.1 Å². The van der Waals surface area contributed by atoms with Gasteiger partial charge in [-0.25, -0.2) is 4.79 Å². The monoisotopic (exact) mass is 464 g/mol. The van der Waals surface area contributed by atoms with Crippen molar-refractivity contribution >= 4 is 24.0 Å². The molecule has 0 aliphatic carbocycles. The third-order valence-corrected chi connectivity index (χ3v) is 4.99. The van der Waals surface area contributed by atoms with Gasteiger partial charge in [-0.15, -0.1) is 0 Å². The van der Waals surface area contributed by atoms with Crippen molar-refractivity contribution in [1.29, 1.82) is 0 Å². The molecule has 1 heterocycles. The molecule has 1 amide bonds. The first-order valence-corrected chi connectivity index (χ1v) is 11.1. The summed E-state index contributed by atoms with van der Waals surface area (Å²) < 4.78 is 19.7. The van der Waals surface area contributed by atoms with Crippen LogP contribution in [0.5, 0.6) is 5.75 Å². The van der Waals surface area contributed by atoms with Gasteiger partial charge < -0.3 is 24.3 Å². The van der Waals surface area contributed by atoms with Gasteiger partial charge in [-0.05, 0) is 57.0 Å². The highest BCUT2D eigenvalue weighted by Crippen LogP contribution is 2.22. The van der Waals surface area contributed by atoms with Gasteiger partial charge in [0.15, 0.2) is 6.61 Å². The summed E-state index contributed by atoms with van der Waals surface area (Å²) in [7, 11) is 0. The summed E-state index contributed by atoms with van der Waals surface area (Å²) in [6, 6.07) is 7.79. The van der Waals surface area contributed by atoms with E-state index in [2.05, 4.69) is 19.7 Å². The summed E-state index contributed by atoms with van der Waals surface area (Å²) in [5, 5.41) is 2.66. The SMILES string of the molecule is CCOC(=O)OC(=O)C1CCN(Cc2cccc(OCCCNC(=O)COC(C)=O)c2)CC1. The number of carbonyl (C=O) groups excluding carboxylic acids is 4. The lowest BCUT2D eigenvalue weighted by molar-refractivity contribution is -0.146. The van der Waals surface area contributed by atoms with Gasteiger partial charge in [0.25, 0.3) is 5.91 Å². The van der Waals surface area contributed by atoms with Crippen molar-refractivity contribution in [3.05, 3.63) is 29.8 Å². The van der Waals surface area contributed by atoms with Crippen molar-refractivity contribution in [2.24, 2.45) is 5.92 Å². The summed E-state index contributed by atoms with van der Waals surface area (Å²) in [6.07, 6.45) is 0.923. The first-order chi connectivity index (χ1) is 15.9. The molecule has 1 aromatic carbocycles. The maximum absolute atomic E-state index is 12.0. The Morgan fingerprint density at radius 2 is 1.88 bits per heavy atom. The lowest BCUT2D eigenvalue weighted by Gasteiger charge is -2.30. The number of carbonyl (C=O) groups is 4. The number of esters is 2. The lowest BCUT2D eigenvalue weighted by atomic mass is 9.96. The minimum atomic E-state index is -0.939. The molecule has 0 saturated carbocycles. The van der Waals surface area contributed by atoms with Crippen LogP contribution in [0.4, 0.5) is 4.79 Å². The van der Waals surface area contributed by atoms with E-state index < -0.39 is 18.1 Å². The Kier molecular flexibility index (Phi) is 11.2. The van der Waals surface area contributed by atoms with Gasteiger partial charge in [0.2, 0.25) is 0 Å². The molecule has 2 rings (SSSR count). The zero-order valence-electron chi connectivity index (χ0n) is 19.2. The number of nitrogens with zero attached hydrogens (tertiary/aromatic N) is 1. The topological polar surface area (TPSA) is 120 Å². The van der Waals surface area contributed by atoms with E-state index in [-0.39, 0.29) is 25.0 Å². The van der Waals surface area contributed by atoms with Crippen LogP contribution in [0.25, 0.3) is 0 Å². The molecule has 1 N–H and O–H groups in total. The van der Waals surface area contributed by atoms with Gasteiger partial charge in [0, 0.05) is 20.0 Å². The van der Waals surface area contributed by atoms with Crippen LogP contribution in [0.1, 0.15) is 38.7 Å². The third-order valence-electron chi connectivity index (χ3n) is 4.99. The molecule has 1 fully saturated rings. The van der Waals surface area contributed by atoms with Crippen molar-refractivity contribution in [3.63, 3.8) is 0 Å². The molecule has 0 unspecified atom stereocenters. The van der Waals surface area contributed by atoms with Crippen LogP contribution in [0, 0.1) is 5.92 Å². The first kappa shape index (κ1) is 26.1. The van der Waals surface area contributed by atoms with Crippen molar-refractivity contribution in [2.75, 3.05) is 39.5 Å². The smallest absolute Gasteiger partial charge is 0.494 e. The molecule has 10 nitrogen and oxygen atoms in total. The number of hydrogen-bond acceptors (Lipinski definition) is 9. The fourth-order valence-corrected chi connectivity index (χ4v) is 3.34. The maximum atomic E-state index is 12.0. The molecule has 10 heteroatoms. The average Bonchev–Trinajstić information content (AvgIpc) is 2.78. The summed E-state index contributed by atoms with van der Waals surface area (Å²) in [4.78, 5) is 47.7. The second-order valence-electron chi connectivity index (χ2n) is 7.63. The predicted molar refractivity (Wildman–Crippen MR) is 117 cm³/mol. The molecular formula is C23H32N2O8. The van der Waals surface area contributed by atoms with Crippen molar-refractivity contribution < 1.29 is 38.1 Å². The number of nitrogens with one attached hydrogen (secondary N) is 1. The number of likely N-dealkylation sites (tertiary alicyclic amines) is 1. The summed E-state index contributed by atoms with van der Waals surface area (Å²) in [6.45, 7) is 5.83. The Bertz CT molecular complexity index is 805. The quantitative estimate of drug-likeness (QED) is 0.298. The van der Waals surface area contributed by atoms with E-state index in [0.29, 0.717) is 32.4 Å². The molecule has 0 bridgehead atoms. The molecule has 1 aromatic rings. The van der Waals surface area contributed by atoms with Gasteiger partial charge in [-0.1, -0.05) is 12.1 Å². The lowest BCUT2D eigenvalue weighted by Crippen LogP contribution is -2.37. The molecule has 1 aliphatic rings. The van der Waals surface area contributed by atoms with Crippen LogP contribution in [0.3, 0.4) is 0 Å².